The molecule has 0 aliphatic carbocycles. The molecule has 0 aromatic heterocycles. The van der Waals surface area contributed by atoms with Crippen LogP contribution in [0.25, 0.3) is 6.08 Å². The molecule has 1 aliphatic rings. The third kappa shape index (κ3) is 6.36. The van der Waals surface area contributed by atoms with Crippen LogP contribution in [-0.2, 0) is 22.6 Å². The molecule has 0 atom stereocenters. The van der Waals surface area contributed by atoms with Crippen LogP contribution in [0.4, 0.5) is 0 Å². The van der Waals surface area contributed by atoms with Gasteiger partial charge in [0.2, 0.25) is 5.91 Å². The summed E-state index contributed by atoms with van der Waals surface area (Å²) in [5, 5.41) is 3.85. The zero-order valence-electron chi connectivity index (χ0n) is 15.0. The maximum atomic E-state index is 12.0. The lowest BCUT2D eigenvalue weighted by atomic mass is 10.1. The van der Waals surface area contributed by atoms with Gasteiger partial charge in [-0.1, -0.05) is 53.5 Å². The molecule has 0 unspecified atom stereocenters. The smallest absolute Gasteiger partial charge is 0.244 e. The first-order chi connectivity index (χ1) is 13.1. The fraction of sp³-hybridized carbons (Fsp3) is 0.286. The topological polar surface area (TPSA) is 41.6 Å². The molecule has 0 spiro atoms. The number of nitrogens with one attached hydrogen (secondary N) is 1. The molecule has 142 valence electrons. The number of hydrogen-bond acceptors (Lipinski definition) is 3. The number of hydrogen-bond donors (Lipinski definition) is 1. The summed E-state index contributed by atoms with van der Waals surface area (Å²) >= 11 is 11.9. The summed E-state index contributed by atoms with van der Waals surface area (Å²) in [6, 6.07) is 13.6. The molecule has 4 nitrogen and oxygen atoms in total. The molecule has 1 heterocycles. The number of ether oxygens (including phenoxy) is 1. The Labute approximate surface area is 169 Å². The molecule has 1 fully saturated rings. The highest BCUT2D eigenvalue weighted by Gasteiger charge is 2.10. The van der Waals surface area contributed by atoms with Crippen LogP contribution in [0.15, 0.2) is 48.5 Å². The minimum absolute atomic E-state index is 0.154. The van der Waals surface area contributed by atoms with Gasteiger partial charge in [-0.15, -0.1) is 0 Å². The molecule has 0 radical (unpaired) electrons. The van der Waals surface area contributed by atoms with E-state index in [1.54, 1.807) is 18.2 Å². The number of carbonyl (C=O) groups excluding carboxylic acids is 1. The Morgan fingerprint density at radius 1 is 1.04 bits per heavy atom. The Balaban J connectivity index is 1.46. The second-order valence-corrected chi connectivity index (χ2v) is 7.24. The lowest BCUT2D eigenvalue weighted by Gasteiger charge is -2.26. The highest BCUT2D eigenvalue weighted by molar-refractivity contribution is 6.42. The van der Waals surface area contributed by atoms with E-state index in [9.17, 15) is 4.79 Å². The molecule has 1 N–H and O–H groups in total. The summed E-state index contributed by atoms with van der Waals surface area (Å²) in [4.78, 5) is 14.4. The largest absolute Gasteiger partial charge is 0.379 e. The van der Waals surface area contributed by atoms with Crippen molar-refractivity contribution in [2.24, 2.45) is 0 Å². The van der Waals surface area contributed by atoms with Crippen LogP contribution >= 0.6 is 23.2 Å². The van der Waals surface area contributed by atoms with Crippen molar-refractivity contribution in [3.8, 4) is 0 Å². The first-order valence-corrected chi connectivity index (χ1v) is 9.64. The second-order valence-electron chi connectivity index (χ2n) is 6.43. The van der Waals surface area contributed by atoms with Gasteiger partial charge in [0.1, 0.15) is 0 Å². The van der Waals surface area contributed by atoms with Crippen LogP contribution in [0, 0.1) is 0 Å². The number of carbonyl (C=O) groups is 1. The van der Waals surface area contributed by atoms with E-state index in [0.717, 1.165) is 44.0 Å². The van der Waals surface area contributed by atoms with E-state index in [2.05, 4.69) is 34.5 Å². The molecule has 1 saturated heterocycles. The van der Waals surface area contributed by atoms with E-state index >= 15 is 0 Å². The molecule has 3 rings (SSSR count). The normalized spacial score (nSPS) is 15.2. The molecule has 2 aromatic carbocycles. The predicted octanol–water partition coefficient (Wildman–Crippen LogP) is 4.16. The third-order valence-electron chi connectivity index (χ3n) is 4.37. The standard InChI is InChI=1S/C21H22Cl2N2O2/c22-19-7-5-16(13-20(19)23)6-8-21(26)24-14-17-1-3-18(4-2-17)15-25-9-11-27-12-10-25/h1-8,13H,9-12,14-15H2,(H,24,26). The average Bonchev–Trinajstić information content (AvgIpc) is 2.69. The van der Waals surface area contributed by atoms with Gasteiger partial charge < -0.3 is 10.1 Å². The first kappa shape index (κ1) is 19.9. The van der Waals surface area contributed by atoms with Gasteiger partial charge in [-0.25, -0.2) is 0 Å². The van der Waals surface area contributed by atoms with Crippen LogP contribution in [0.1, 0.15) is 16.7 Å². The second kappa shape index (κ2) is 9.90. The summed E-state index contributed by atoms with van der Waals surface area (Å²) in [6.45, 7) is 4.98. The predicted molar refractivity (Wildman–Crippen MR) is 110 cm³/mol. The molecule has 0 saturated carbocycles. The Bertz CT molecular complexity index is 800. The molecular weight excluding hydrogens is 383 g/mol. The van der Waals surface area contributed by atoms with Crippen LogP contribution < -0.4 is 5.32 Å². The molecule has 6 heteroatoms. The quantitative estimate of drug-likeness (QED) is 0.734. The summed E-state index contributed by atoms with van der Waals surface area (Å²) in [7, 11) is 0. The van der Waals surface area contributed by atoms with Gasteiger partial charge in [0, 0.05) is 32.3 Å². The summed E-state index contributed by atoms with van der Waals surface area (Å²) in [5.74, 6) is -0.154. The zero-order chi connectivity index (χ0) is 19.1. The van der Waals surface area contributed by atoms with Crippen molar-refractivity contribution in [3.05, 3.63) is 75.3 Å². The minimum atomic E-state index is -0.154. The summed E-state index contributed by atoms with van der Waals surface area (Å²) in [6.07, 6.45) is 3.20. The van der Waals surface area contributed by atoms with Gasteiger partial charge in [0.05, 0.1) is 23.3 Å². The fourth-order valence-corrected chi connectivity index (χ4v) is 3.12. The van der Waals surface area contributed by atoms with E-state index in [0.29, 0.717) is 16.6 Å². The highest BCUT2D eigenvalue weighted by atomic mass is 35.5. The van der Waals surface area contributed by atoms with Crippen LogP contribution in [0.2, 0.25) is 10.0 Å². The summed E-state index contributed by atoms with van der Waals surface area (Å²) in [5.41, 5.74) is 3.16. The van der Waals surface area contributed by atoms with E-state index in [1.165, 1.54) is 11.6 Å². The van der Waals surface area contributed by atoms with Gasteiger partial charge in [-0.3, -0.25) is 9.69 Å². The van der Waals surface area contributed by atoms with Gasteiger partial charge in [-0.2, -0.15) is 0 Å². The Hall–Kier alpha value is -1.85. The molecule has 2 aromatic rings. The molecular formula is C21H22Cl2N2O2. The maximum Gasteiger partial charge on any atom is 0.244 e. The molecule has 1 amide bonds. The number of amides is 1. The van der Waals surface area contributed by atoms with Crippen LogP contribution in [0.5, 0.6) is 0 Å². The Morgan fingerprint density at radius 3 is 2.44 bits per heavy atom. The van der Waals surface area contributed by atoms with E-state index in [-0.39, 0.29) is 5.91 Å². The lowest BCUT2D eigenvalue weighted by molar-refractivity contribution is -0.116. The van der Waals surface area contributed by atoms with Crippen molar-refractivity contribution in [1.29, 1.82) is 0 Å². The Morgan fingerprint density at radius 2 is 1.74 bits per heavy atom. The number of rotatable bonds is 6. The first-order valence-electron chi connectivity index (χ1n) is 8.89. The number of nitrogens with zero attached hydrogens (tertiary/aromatic N) is 1. The van der Waals surface area contributed by atoms with Crippen LogP contribution in [-0.4, -0.2) is 37.1 Å². The van der Waals surface area contributed by atoms with Gasteiger partial charge in [-0.05, 0) is 34.9 Å². The monoisotopic (exact) mass is 404 g/mol. The van der Waals surface area contributed by atoms with Crippen molar-refractivity contribution in [1.82, 2.24) is 10.2 Å². The van der Waals surface area contributed by atoms with Crippen molar-refractivity contribution >= 4 is 35.2 Å². The van der Waals surface area contributed by atoms with Crippen molar-refractivity contribution in [3.63, 3.8) is 0 Å². The van der Waals surface area contributed by atoms with E-state index in [4.69, 9.17) is 27.9 Å². The van der Waals surface area contributed by atoms with Crippen molar-refractivity contribution in [2.45, 2.75) is 13.1 Å². The highest BCUT2D eigenvalue weighted by Crippen LogP contribution is 2.23. The fourth-order valence-electron chi connectivity index (χ4n) is 2.82. The van der Waals surface area contributed by atoms with Gasteiger partial charge in [0.25, 0.3) is 0 Å². The third-order valence-corrected chi connectivity index (χ3v) is 5.11. The van der Waals surface area contributed by atoms with Crippen LogP contribution in [0.3, 0.4) is 0 Å². The average molecular weight is 405 g/mol. The number of halogens is 2. The minimum Gasteiger partial charge on any atom is -0.379 e. The van der Waals surface area contributed by atoms with Gasteiger partial charge in [0.15, 0.2) is 0 Å². The number of benzene rings is 2. The zero-order valence-corrected chi connectivity index (χ0v) is 16.5. The maximum absolute atomic E-state index is 12.0. The van der Waals surface area contributed by atoms with Crippen molar-refractivity contribution < 1.29 is 9.53 Å². The van der Waals surface area contributed by atoms with E-state index in [1.807, 2.05) is 6.07 Å². The van der Waals surface area contributed by atoms with E-state index < -0.39 is 0 Å². The molecule has 27 heavy (non-hydrogen) atoms. The summed E-state index contributed by atoms with van der Waals surface area (Å²) < 4.78 is 5.37. The van der Waals surface area contributed by atoms with Gasteiger partial charge >= 0.3 is 0 Å². The van der Waals surface area contributed by atoms with Crippen molar-refractivity contribution in [2.75, 3.05) is 26.3 Å². The number of morpholine rings is 1. The SMILES string of the molecule is O=C(C=Cc1ccc(Cl)c(Cl)c1)NCc1ccc(CN2CCOCC2)cc1. The molecule has 0 bridgehead atoms. The Kier molecular flexibility index (Phi) is 7.30. The lowest BCUT2D eigenvalue weighted by Crippen LogP contribution is -2.35. The molecule has 1 aliphatic heterocycles.